The van der Waals surface area contributed by atoms with E-state index in [1.807, 2.05) is 11.3 Å². The fraction of sp³-hybridized carbons (Fsp3) is 0.273. The molecule has 0 nitrogen and oxygen atoms in total. The van der Waals surface area contributed by atoms with Crippen LogP contribution in [0, 0.1) is 6.92 Å². The zero-order valence-corrected chi connectivity index (χ0v) is 8.24. The normalized spacial score (nSPS) is 10.8. The molecule has 1 heterocycles. The molecule has 0 saturated heterocycles. The van der Waals surface area contributed by atoms with Crippen LogP contribution in [-0.4, -0.2) is 0 Å². The van der Waals surface area contributed by atoms with E-state index in [9.17, 15) is 0 Å². The van der Waals surface area contributed by atoms with Gasteiger partial charge in [-0.3, -0.25) is 0 Å². The Morgan fingerprint density at radius 1 is 1.33 bits per heavy atom. The van der Waals surface area contributed by atoms with Gasteiger partial charge in [0, 0.05) is 4.70 Å². The number of hydrogen-bond donors (Lipinski definition) is 0. The van der Waals surface area contributed by atoms with Crippen LogP contribution in [0.15, 0.2) is 23.6 Å². The van der Waals surface area contributed by atoms with Crippen molar-refractivity contribution in [2.24, 2.45) is 0 Å². The second-order valence-electron chi connectivity index (χ2n) is 3.10. The monoisotopic (exact) mass is 176 g/mol. The molecule has 0 atom stereocenters. The van der Waals surface area contributed by atoms with Crippen molar-refractivity contribution in [1.82, 2.24) is 0 Å². The predicted molar refractivity (Wildman–Crippen MR) is 55.9 cm³/mol. The Bertz CT molecular complexity index is 398. The molecular weight excluding hydrogens is 164 g/mol. The Hall–Kier alpha value is -0.820. The molecule has 0 amide bonds. The van der Waals surface area contributed by atoms with E-state index in [-0.39, 0.29) is 0 Å². The molecule has 0 bridgehead atoms. The fourth-order valence-corrected chi connectivity index (χ4v) is 2.43. The Morgan fingerprint density at radius 3 is 2.92 bits per heavy atom. The van der Waals surface area contributed by atoms with Crippen molar-refractivity contribution in [3.05, 3.63) is 34.7 Å². The van der Waals surface area contributed by atoms with Crippen molar-refractivity contribution in [1.29, 1.82) is 0 Å². The van der Waals surface area contributed by atoms with Crippen LogP contribution in [0.25, 0.3) is 10.1 Å². The first-order valence-corrected chi connectivity index (χ1v) is 5.16. The highest BCUT2D eigenvalue weighted by molar-refractivity contribution is 7.17. The van der Waals surface area contributed by atoms with Crippen LogP contribution in [-0.2, 0) is 6.42 Å². The molecule has 0 spiro atoms. The van der Waals surface area contributed by atoms with Gasteiger partial charge in [0.15, 0.2) is 0 Å². The summed E-state index contributed by atoms with van der Waals surface area (Å²) in [7, 11) is 0. The molecule has 12 heavy (non-hydrogen) atoms. The molecule has 1 heteroatoms. The number of hydrogen-bond acceptors (Lipinski definition) is 1. The van der Waals surface area contributed by atoms with Crippen LogP contribution < -0.4 is 0 Å². The highest BCUT2D eigenvalue weighted by atomic mass is 32.1. The van der Waals surface area contributed by atoms with Crippen molar-refractivity contribution >= 4 is 21.4 Å². The Morgan fingerprint density at radius 2 is 2.17 bits per heavy atom. The molecule has 0 fully saturated rings. The van der Waals surface area contributed by atoms with Gasteiger partial charge in [0.1, 0.15) is 0 Å². The van der Waals surface area contributed by atoms with Gasteiger partial charge >= 0.3 is 0 Å². The third-order valence-corrected chi connectivity index (χ3v) is 3.30. The molecule has 1 aromatic carbocycles. The summed E-state index contributed by atoms with van der Waals surface area (Å²) in [6.07, 6.45) is 1.13. The Balaban J connectivity index is 2.69. The third kappa shape index (κ3) is 1.14. The molecular formula is C11H12S. The number of thiophene rings is 1. The van der Waals surface area contributed by atoms with E-state index < -0.39 is 0 Å². The molecule has 0 N–H and O–H groups in total. The SMILES string of the molecule is CCc1ccc2c(C)csc2c1. The van der Waals surface area contributed by atoms with Crippen LogP contribution >= 0.6 is 11.3 Å². The summed E-state index contributed by atoms with van der Waals surface area (Å²) in [6, 6.07) is 6.76. The summed E-state index contributed by atoms with van der Waals surface area (Å²) in [5, 5.41) is 3.64. The second-order valence-corrected chi connectivity index (χ2v) is 4.01. The second kappa shape index (κ2) is 2.91. The lowest BCUT2D eigenvalue weighted by Crippen LogP contribution is -1.77. The first kappa shape index (κ1) is 7.81. The first-order valence-electron chi connectivity index (χ1n) is 4.28. The van der Waals surface area contributed by atoms with Gasteiger partial charge in [-0.25, -0.2) is 0 Å². The lowest BCUT2D eigenvalue weighted by atomic mass is 10.1. The average Bonchev–Trinajstić information content (AvgIpc) is 2.47. The van der Waals surface area contributed by atoms with Crippen LogP contribution in [0.2, 0.25) is 0 Å². The topological polar surface area (TPSA) is 0 Å². The van der Waals surface area contributed by atoms with Crippen molar-refractivity contribution in [3.63, 3.8) is 0 Å². The van der Waals surface area contributed by atoms with Crippen LogP contribution in [0.1, 0.15) is 18.1 Å². The van der Waals surface area contributed by atoms with E-state index in [4.69, 9.17) is 0 Å². The highest BCUT2D eigenvalue weighted by Crippen LogP contribution is 2.26. The summed E-state index contributed by atoms with van der Waals surface area (Å²) in [5.41, 5.74) is 2.84. The van der Waals surface area contributed by atoms with E-state index in [2.05, 4.69) is 37.4 Å². The van der Waals surface area contributed by atoms with Gasteiger partial charge in [-0.2, -0.15) is 0 Å². The molecule has 0 aliphatic heterocycles. The first-order chi connectivity index (χ1) is 5.81. The van der Waals surface area contributed by atoms with Crippen LogP contribution in [0.4, 0.5) is 0 Å². The minimum atomic E-state index is 1.13. The summed E-state index contributed by atoms with van der Waals surface area (Å²) >= 11 is 1.84. The van der Waals surface area contributed by atoms with E-state index in [0.29, 0.717) is 0 Å². The molecule has 0 radical (unpaired) electrons. The van der Waals surface area contributed by atoms with Gasteiger partial charge in [0.25, 0.3) is 0 Å². The molecule has 2 aromatic rings. The molecule has 2 rings (SSSR count). The zero-order chi connectivity index (χ0) is 8.55. The Kier molecular flexibility index (Phi) is 1.89. The van der Waals surface area contributed by atoms with Gasteiger partial charge in [-0.1, -0.05) is 19.1 Å². The maximum Gasteiger partial charge on any atom is 0.0348 e. The third-order valence-electron chi connectivity index (χ3n) is 2.24. The fourth-order valence-electron chi connectivity index (χ4n) is 1.43. The molecule has 0 aliphatic rings. The largest absolute Gasteiger partial charge is 0.144 e. The maximum absolute atomic E-state index is 2.30. The van der Waals surface area contributed by atoms with Crippen molar-refractivity contribution in [2.75, 3.05) is 0 Å². The number of aryl methyl sites for hydroxylation is 2. The molecule has 0 saturated carbocycles. The number of rotatable bonds is 1. The Labute approximate surface area is 76.8 Å². The quantitative estimate of drug-likeness (QED) is 0.620. The van der Waals surface area contributed by atoms with Crippen LogP contribution in [0.5, 0.6) is 0 Å². The van der Waals surface area contributed by atoms with Crippen molar-refractivity contribution < 1.29 is 0 Å². The van der Waals surface area contributed by atoms with Gasteiger partial charge in [-0.15, -0.1) is 11.3 Å². The zero-order valence-electron chi connectivity index (χ0n) is 7.42. The van der Waals surface area contributed by atoms with Gasteiger partial charge < -0.3 is 0 Å². The predicted octanol–water partition coefficient (Wildman–Crippen LogP) is 3.77. The van der Waals surface area contributed by atoms with E-state index >= 15 is 0 Å². The molecule has 62 valence electrons. The van der Waals surface area contributed by atoms with Crippen molar-refractivity contribution in [2.45, 2.75) is 20.3 Å². The van der Waals surface area contributed by atoms with Gasteiger partial charge in [0.2, 0.25) is 0 Å². The molecule has 0 aliphatic carbocycles. The molecule has 0 unspecified atom stereocenters. The highest BCUT2D eigenvalue weighted by Gasteiger charge is 1.99. The lowest BCUT2D eigenvalue weighted by molar-refractivity contribution is 1.15. The smallest absolute Gasteiger partial charge is 0.0348 e. The van der Waals surface area contributed by atoms with Crippen molar-refractivity contribution in [3.8, 4) is 0 Å². The number of benzene rings is 1. The number of fused-ring (bicyclic) bond motifs is 1. The standard InChI is InChI=1S/C11H12S/c1-3-9-4-5-10-8(2)7-12-11(10)6-9/h4-7H,3H2,1-2H3. The minimum absolute atomic E-state index is 1.13. The lowest BCUT2D eigenvalue weighted by Gasteiger charge is -1.96. The van der Waals surface area contributed by atoms with Crippen LogP contribution in [0.3, 0.4) is 0 Å². The van der Waals surface area contributed by atoms with E-state index in [1.165, 1.54) is 21.2 Å². The summed E-state index contributed by atoms with van der Waals surface area (Å²) in [5.74, 6) is 0. The summed E-state index contributed by atoms with van der Waals surface area (Å²) < 4.78 is 1.42. The van der Waals surface area contributed by atoms with Gasteiger partial charge in [-0.05, 0) is 41.3 Å². The van der Waals surface area contributed by atoms with E-state index in [0.717, 1.165) is 6.42 Å². The van der Waals surface area contributed by atoms with Gasteiger partial charge in [0.05, 0.1) is 0 Å². The maximum atomic E-state index is 2.30. The summed E-state index contributed by atoms with van der Waals surface area (Å²) in [6.45, 7) is 4.37. The summed E-state index contributed by atoms with van der Waals surface area (Å²) in [4.78, 5) is 0. The molecule has 1 aromatic heterocycles. The van der Waals surface area contributed by atoms with E-state index in [1.54, 1.807) is 0 Å². The average molecular weight is 176 g/mol. The minimum Gasteiger partial charge on any atom is -0.144 e.